The largest absolute Gasteiger partial charge is 0.495 e. The van der Waals surface area contributed by atoms with Crippen molar-refractivity contribution in [2.75, 3.05) is 13.7 Å². The summed E-state index contributed by atoms with van der Waals surface area (Å²) >= 11 is 5.87. The van der Waals surface area contributed by atoms with Crippen molar-refractivity contribution < 1.29 is 13.2 Å². The number of sulfonamides is 1. The van der Waals surface area contributed by atoms with Gasteiger partial charge in [0.15, 0.2) is 0 Å². The van der Waals surface area contributed by atoms with E-state index in [1.54, 1.807) is 0 Å². The lowest BCUT2D eigenvalue weighted by atomic mass is 9.99. The first-order valence-corrected chi connectivity index (χ1v) is 8.90. The monoisotopic (exact) mass is 332 g/mol. The van der Waals surface area contributed by atoms with Crippen molar-refractivity contribution >= 4 is 21.6 Å². The molecule has 0 aromatic heterocycles. The van der Waals surface area contributed by atoms with Crippen LogP contribution in [0.4, 0.5) is 0 Å². The minimum absolute atomic E-state index is 0.0887. The fourth-order valence-electron chi connectivity index (χ4n) is 2.82. The smallest absolute Gasteiger partial charge is 0.244 e. The molecule has 1 atom stereocenters. The van der Waals surface area contributed by atoms with Crippen LogP contribution < -0.4 is 15.2 Å². The van der Waals surface area contributed by atoms with Crippen LogP contribution in [0.25, 0.3) is 0 Å². The highest BCUT2D eigenvalue weighted by molar-refractivity contribution is 7.89. The molecule has 1 aliphatic rings. The summed E-state index contributed by atoms with van der Waals surface area (Å²) in [4.78, 5) is 0.0887. The fraction of sp³-hybridized carbons (Fsp3) is 0.571. The Kier molecular flexibility index (Phi) is 5.48. The zero-order chi connectivity index (χ0) is 15.5. The standard InChI is InChI=1S/C14H21ClN2O3S/c1-20-13-8-11(15)6-7-14(13)21(18,19)17-12(9-16)10-4-2-3-5-10/h6-8,10,12,17H,2-5,9,16H2,1H3. The Hall–Kier alpha value is -0.820. The second-order valence-electron chi connectivity index (χ2n) is 5.30. The summed E-state index contributed by atoms with van der Waals surface area (Å²) in [5.41, 5.74) is 5.75. The van der Waals surface area contributed by atoms with E-state index >= 15 is 0 Å². The highest BCUT2D eigenvalue weighted by Crippen LogP contribution is 2.30. The number of nitrogens with two attached hydrogens (primary N) is 1. The maximum Gasteiger partial charge on any atom is 0.244 e. The van der Waals surface area contributed by atoms with Gasteiger partial charge in [-0.25, -0.2) is 13.1 Å². The molecule has 1 unspecified atom stereocenters. The Morgan fingerprint density at radius 3 is 2.67 bits per heavy atom. The molecule has 2 rings (SSSR count). The van der Waals surface area contributed by atoms with Crippen LogP contribution in [0.5, 0.6) is 5.75 Å². The first kappa shape index (κ1) is 16.5. The van der Waals surface area contributed by atoms with Crippen LogP contribution in [0, 0.1) is 5.92 Å². The predicted molar refractivity (Wildman–Crippen MR) is 83.1 cm³/mol. The molecule has 0 aliphatic heterocycles. The van der Waals surface area contributed by atoms with Crippen molar-refractivity contribution in [3.8, 4) is 5.75 Å². The Balaban J connectivity index is 2.24. The zero-order valence-corrected chi connectivity index (χ0v) is 13.6. The van der Waals surface area contributed by atoms with Crippen LogP contribution >= 0.6 is 11.6 Å². The molecule has 118 valence electrons. The molecule has 1 aromatic carbocycles. The van der Waals surface area contributed by atoms with E-state index in [0.29, 0.717) is 17.5 Å². The average molecular weight is 333 g/mol. The van der Waals surface area contributed by atoms with Crippen molar-refractivity contribution in [2.45, 2.75) is 36.6 Å². The molecule has 0 radical (unpaired) electrons. The predicted octanol–water partition coefficient (Wildman–Crippen LogP) is 2.14. The van der Waals surface area contributed by atoms with Gasteiger partial charge in [-0.1, -0.05) is 24.4 Å². The first-order chi connectivity index (χ1) is 9.97. The van der Waals surface area contributed by atoms with Crippen molar-refractivity contribution in [3.05, 3.63) is 23.2 Å². The molecular weight excluding hydrogens is 312 g/mol. The van der Waals surface area contributed by atoms with Crippen LogP contribution in [0.15, 0.2) is 23.1 Å². The number of hydrogen-bond donors (Lipinski definition) is 2. The molecule has 1 aliphatic carbocycles. The lowest BCUT2D eigenvalue weighted by Gasteiger charge is -2.23. The van der Waals surface area contributed by atoms with Gasteiger partial charge in [-0.05, 0) is 30.9 Å². The lowest BCUT2D eigenvalue weighted by Crippen LogP contribution is -2.44. The van der Waals surface area contributed by atoms with E-state index in [1.165, 1.54) is 25.3 Å². The van der Waals surface area contributed by atoms with Gasteiger partial charge < -0.3 is 10.5 Å². The van der Waals surface area contributed by atoms with E-state index in [-0.39, 0.29) is 16.7 Å². The number of methoxy groups -OCH3 is 1. The Bertz CT molecular complexity index is 586. The number of rotatable bonds is 6. The summed E-state index contributed by atoms with van der Waals surface area (Å²) in [6.45, 7) is 0.291. The van der Waals surface area contributed by atoms with Gasteiger partial charge in [0.2, 0.25) is 10.0 Å². The van der Waals surface area contributed by atoms with Gasteiger partial charge in [0, 0.05) is 23.7 Å². The van der Waals surface area contributed by atoms with Crippen molar-refractivity contribution in [3.63, 3.8) is 0 Å². The van der Waals surface area contributed by atoms with E-state index < -0.39 is 10.0 Å². The van der Waals surface area contributed by atoms with Gasteiger partial charge in [-0.15, -0.1) is 0 Å². The SMILES string of the molecule is COc1cc(Cl)ccc1S(=O)(=O)NC(CN)C1CCCC1. The van der Waals surface area contributed by atoms with E-state index in [1.807, 2.05) is 0 Å². The third-order valence-corrected chi connectivity index (χ3v) is 5.71. The molecule has 1 saturated carbocycles. The van der Waals surface area contributed by atoms with E-state index in [9.17, 15) is 8.42 Å². The summed E-state index contributed by atoms with van der Waals surface area (Å²) in [5.74, 6) is 0.542. The van der Waals surface area contributed by atoms with Gasteiger partial charge in [0.1, 0.15) is 10.6 Å². The van der Waals surface area contributed by atoms with E-state index in [4.69, 9.17) is 22.1 Å². The number of ether oxygens (including phenoxy) is 1. The third-order valence-electron chi connectivity index (χ3n) is 3.94. The molecule has 0 spiro atoms. The van der Waals surface area contributed by atoms with E-state index in [0.717, 1.165) is 25.7 Å². The van der Waals surface area contributed by atoms with Crippen molar-refractivity contribution in [1.29, 1.82) is 0 Å². The number of hydrogen-bond acceptors (Lipinski definition) is 4. The molecule has 1 fully saturated rings. The number of benzene rings is 1. The summed E-state index contributed by atoms with van der Waals surface area (Å²) in [6.07, 6.45) is 4.30. The molecule has 5 nitrogen and oxygen atoms in total. The molecule has 0 bridgehead atoms. The zero-order valence-electron chi connectivity index (χ0n) is 12.0. The maximum absolute atomic E-state index is 12.6. The fourth-order valence-corrected chi connectivity index (χ4v) is 4.45. The van der Waals surface area contributed by atoms with Gasteiger partial charge in [0.25, 0.3) is 0 Å². The molecule has 0 heterocycles. The number of halogens is 1. The topological polar surface area (TPSA) is 81.4 Å². The van der Waals surface area contributed by atoms with Crippen molar-refractivity contribution in [1.82, 2.24) is 4.72 Å². The van der Waals surface area contributed by atoms with Crippen LogP contribution in [0.2, 0.25) is 5.02 Å². The van der Waals surface area contributed by atoms with Crippen LogP contribution in [0.3, 0.4) is 0 Å². The molecule has 0 saturated heterocycles. The summed E-state index contributed by atoms with van der Waals surface area (Å²) in [5, 5.41) is 0.428. The average Bonchev–Trinajstić information content (AvgIpc) is 2.98. The number of nitrogens with one attached hydrogen (secondary N) is 1. The second-order valence-corrected chi connectivity index (χ2v) is 7.42. The highest BCUT2D eigenvalue weighted by atomic mass is 35.5. The molecule has 0 amide bonds. The second kappa shape index (κ2) is 6.96. The van der Waals surface area contributed by atoms with Gasteiger partial charge in [-0.3, -0.25) is 0 Å². The minimum Gasteiger partial charge on any atom is -0.495 e. The van der Waals surface area contributed by atoms with Crippen LogP contribution in [-0.4, -0.2) is 28.1 Å². The van der Waals surface area contributed by atoms with Gasteiger partial charge in [-0.2, -0.15) is 0 Å². The molecule has 7 heteroatoms. The summed E-state index contributed by atoms with van der Waals surface area (Å²) in [7, 11) is -2.26. The molecule has 1 aromatic rings. The Morgan fingerprint density at radius 1 is 1.43 bits per heavy atom. The summed E-state index contributed by atoms with van der Waals surface area (Å²) < 4.78 is 33.0. The summed E-state index contributed by atoms with van der Waals surface area (Å²) in [6, 6.07) is 4.23. The minimum atomic E-state index is -3.68. The molecular formula is C14H21ClN2O3S. The normalized spacial score (nSPS) is 17.9. The van der Waals surface area contributed by atoms with Crippen LogP contribution in [-0.2, 0) is 10.0 Å². The van der Waals surface area contributed by atoms with Gasteiger partial charge in [0.05, 0.1) is 7.11 Å². The quantitative estimate of drug-likeness (QED) is 0.836. The maximum atomic E-state index is 12.6. The first-order valence-electron chi connectivity index (χ1n) is 7.04. The molecule has 3 N–H and O–H groups in total. The van der Waals surface area contributed by atoms with E-state index in [2.05, 4.69) is 4.72 Å². The van der Waals surface area contributed by atoms with Crippen LogP contribution in [0.1, 0.15) is 25.7 Å². The third kappa shape index (κ3) is 3.88. The Morgan fingerprint density at radius 2 is 2.10 bits per heavy atom. The highest BCUT2D eigenvalue weighted by Gasteiger charge is 2.29. The molecule has 21 heavy (non-hydrogen) atoms. The van der Waals surface area contributed by atoms with Crippen molar-refractivity contribution in [2.24, 2.45) is 11.7 Å². The van der Waals surface area contributed by atoms with Gasteiger partial charge >= 0.3 is 0 Å². The lowest BCUT2D eigenvalue weighted by molar-refractivity contribution is 0.394. The Labute approximate surface area is 130 Å².